The molecule has 1 aromatic carbocycles. The van der Waals surface area contributed by atoms with E-state index in [1.165, 1.54) is 5.56 Å². The van der Waals surface area contributed by atoms with Crippen LogP contribution in [-0.2, 0) is 12.3 Å². The van der Waals surface area contributed by atoms with Gasteiger partial charge in [0.1, 0.15) is 0 Å². The average Bonchev–Trinajstić information content (AvgIpc) is 3.12. The first-order chi connectivity index (χ1) is 11.2. The third-order valence-corrected chi connectivity index (χ3v) is 5.17. The molecule has 0 saturated heterocycles. The number of hydrogen-bond donors (Lipinski definition) is 0. The highest BCUT2D eigenvalue weighted by Crippen LogP contribution is 2.29. The lowest BCUT2D eigenvalue weighted by Crippen LogP contribution is -2.01. The maximum absolute atomic E-state index is 5.63. The lowest BCUT2D eigenvalue weighted by atomic mass is 10.2. The zero-order valence-electron chi connectivity index (χ0n) is 12.5. The zero-order valence-corrected chi connectivity index (χ0v) is 16.5. The number of furan rings is 1. The number of halogens is 2. The second-order valence-corrected chi connectivity index (χ2v) is 7.62. The first kappa shape index (κ1) is 16.8. The summed E-state index contributed by atoms with van der Waals surface area (Å²) in [7, 11) is 0. The van der Waals surface area contributed by atoms with Crippen LogP contribution in [-0.4, -0.2) is 14.8 Å². The van der Waals surface area contributed by atoms with Crippen molar-refractivity contribution in [3.8, 4) is 11.6 Å². The molecule has 0 aliphatic carbocycles. The molecule has 0 amide bonds. The van der Waals surface area contributed by atoms with Crippen LogP contribution in [0, 0.1) is 0 Å². The summed E-state index contributed by atoms with van der Waals surface area (Å²) in [4.78, 5) is 0. The molecule has 0 aliphatic heterocycles. The minimum Gasteiger partial charge on any atom is -0.446 e. The van der Waals surface area contributed by atoms with E-state index in [4.69, 9.17) is 4.42 Å². The molecule has 2 heterocycles. The molecular formula is C16H15Br2N3OS. The number of hydrogen-bond acceptors (Lipinski definition) is 4. The van der Waals surface area contributed by atoms with E-state index in [2.05, 4.69) is 65.7 Å². The standard InChI is InChI=1S/C16H15Br2N3OS/c1-2-8-21-15(13-6-7-14(18)22-13)19-20-16(21)23-10-11-4-3-5-12(17)9-11/h3-7,9H,2,8,10H2,1H3. The van der Waals surface area contributed by atoms with Gasteiger partial charge in [0.05, 0.1) is 0 Å². The minimum atomic E-state index is 0.696. The molecular weight excluding hydrogens is 442 g/mol. The van der Waals surface area contributed by atoms with Gasteiger partial charge >= 0.3 is 0 Å². The summed E-state index contributed by atoms with van der Waals surface area (Å²) in [6, 6.07) is 12.1. The van der Waals surface area contributed by atoms with Crippen molar-refractivity contribution in [2.24, 2.45) is 0 Å². The normalized spacial score (nSPS) is 11.1. The van der Waals surface area contributed by atoms with Gasteiger partial charge in [-0.3, -0.25) is 4.57 Å². The van der Waals surface area contributed by atoms with E-state index in [0.717, 1.165) is 39.9 Å². The summed E-state index contributed by atoms with van der Waals surface area (Å²) in [5.41, 5.74) is 1.25. The van der Waals surface area contributed by atoms with E-state index in [1.54, 1.807) is 11.8 Å². The van der Waals surface area contributed by atoms with Crippen molar-refractivity contribution < 1.29 is 4.42 Å². The van der Waals surface area contributed by atoms with E-state index in [1.807, 2.05) is 24.3 Å². The second kappa shape index (κ2) is 7.68. The van der Waals surface area contributed by atoms with E-state index >= 15 is 0 Å². The Labute approximate surface area is 155 Å². The SMILES string of the molecule is CCCn1c(SCc2cccc(Br)c2)nnc1-c1ccc(Br)o1. The molecule has 0 radical (unpaired) electrons. The van der Waals surface area contributed by atoms with Crippen molar-refractivity contribution in [3.63, 3.8) is 0 Å². The van der Waals surface area contributed by atoms with Gasteiger partial charge in [-0.1, -0.05) is 46.7 Å². The molecule has 7 heteroatoms. The number of thioether (sulfide) groups is 1. The summed E-state index contributed by atoms with van der Waals surface area (Å²) in [5, 5.41) is 9.57. The van der Waals surface area contributed by atoms with E-state index in [0.29, 0.717) is 4.67 Å². The van der Waals surface area contributed by atoms with E-state index in [9.17, 15) is 0 Å². The van der Waals surface area contributed by atoms with Gasteiger partial charge in [0.15, 0.2) is 15.6 Å². The quantitative estimate of drug-likeness (QED) is 0.442. The van der Waals surface area contributed by atoms with Crippen LogP contribution < -0.4 is 0 Å². The molecule has 0 N–H and O–H groups in total. The van der Waals surface area contributed by atoms with Crippen molar-refractivity contribution >= 4 is 43.6 Å². The summed E-state index contributed by atoms with van der Waals surface area (Å²) in [6.45, 7) is 3.01. The maximum Gasteiger partial charge on any atom is 0.200 e. The highest BCUT2D eigenvalue weighted by molar-refractivity contribution is 9.10. The van der Waals surface area contributed by atoms with Crippen molar-refractivity contribution in [1.82, 2.24) is 14.8 Å². The molecule has 0 spiro atoms. The van der Waals surface area contributed by atoms with Crippen LogP contribution in [0.2, 0.25) is 0 Å². The van der Waals surface area contributed by atoms with Crippen molar-refractivity contribution in [1.29, 1.82) is 0 Å². The van der Waals surface area contributed by atoms with Crippen LogP contribution in [0.25, 0.3) is 11.6 Å². The lowest BCUT2D eigenvalue weighted by Gasteiger charge is -2.07. The fourth-order valence-corrected chi connectivity index (χ4v) is 3.87. The monoisotopic (exact) mass is 455 g/mol. The topological polar surface area (TPSA) is 43.9 Å². The lowest BCUT2D eigenvalue weighted by molar-refractivity contribution is 0.539. The third kappa shape index (κ3) is 4.08. The van der Waals surface area contributed by atoms with Gasteiger partial charge < -0.3 is 4.42 Å². The molecule has 0 fully saturated rings. The minimum absolute atomic E-state index is 0.696. The van der Waals surface area contributed by atoms with Crippen LogP contribution in [0.1, 0.15) is 18.9 Å². The first-order valence-electron chi connectivity index (χ1n) is 7.23. The Balaban J connectivity index is 1.83. The van der Waals surface area contributed by atoms with Crippen molar-refractivity contribution in [3.05, 3.63) is 51.1 Å². The highest BCUT2D eigenvalue weighted by atomic mass is 79.9. The Morgan fingerprint density at radius 3 is 2.74 bits per heavy atom. The summed E-state index contributed by atoms with van der Waals surface area (Å²) in [5.74, 6) is 2.35. The number of nitrogens with zero attached hydrogens (tertiary/aromatic N) is 3. The first-order valence-corrected chi connectivity index (χ1v) is 9.80. The van der Waals surface area contributed by atoms with Gasteiger partial charge in [0, 0.05) is 16.8 Å². The molecule has 0 bridgehead atoms. The van der Waals surface area contributed by atoms with Gasteiger partial charge in [-0.05, 0) is 52.2 Å². The Morgan fingerprint density at radius 1 is 1.17 bits per heavy atom. The van der Waals surface area contributed by atoms with E-state index < -0.39 is 0 Å². The number of rotatable bonds is 6. The molecule has 0 unspecified atom stereocenters. The van der Waals surface area contributed by atoms with Gasteiger partial charge in [0.2, 0.25) is 5.82 Å². The molecule has 4 nitrogen and oxygen atoms in total. The van der Waals surface area contributed by atoms with Crippen LogP contribution in [0.5, 0.6) is 0 Å². The Hall–Kier alpha value is -1.05. The summed E-state index contributed by atoms with van der Waals surface area (Å²) < 4.78 is 9.53. The Kier molecular flexibility index (Phi) is 5.61. The largest absolute Gasteiger partial charge is 0.446 e. The molecule has 0 saturated carbocycles. The molecule has 23 heavy (non-hydrogen) atoms. The second-order valence-electron chi connectivity index (χ2n) is 4.98. The van der Waals surface area contributed by atoms with Gasteiger partial charge in [-0.2, -0.15) is 0 Å². The summed E-state index contributed by atoms with van der Waals surface area (Å²) >= 11 is 8.53. The van der Waals surface area contributed by atoms with Crippen molar-refractivity contribution in [2.75, 3.05) is 0 Å². The molecule has 120 valence electrons. The third-order valence-electron chi connectivity index (χ3n) is 3.21. The molecule has 0 aliphatic rings. The zero-order chi connectivity index (χ0) is 16.2. The van der Waals surface area contributed by atoms with Crippen LogP contribution in [0.15, 0.2) is 55.1 Å². The van der Waals surface area contributed by atoms with E-state index in [-0.39, 0.29) is 0 Å². The Bertz CT molecular complexity index is 800. The van der Waals surface area contributed by atoms with Gasteiger partial charge in [-0.15, -0.1) is 10.2 Å². The predicted octanol–water partition coefficient (Wildman–Crippen LogP) is 5.77. The van der Waals surface area contributed by atoms with Crippen LogP contribution in [0.4, 0.5) is 0 Å². The fourth-order valence-electron chi connectivity index (χ4n) is 2.21. The smallest absolute Gasteiger partial charge is 0.200 e. The van der Waals surface area contributed by atoms with Crippen molar-refractivity contribution in [2.45, 2.75) is 30.8 Å². The molecule has 0 atom stereocenters. The fraction of sp³-hybridized carbons (Fsp3) is 0.250. The number of aromatic nitrogens is 3. The highest BCUT2D eigenvalue weighted by Gasteiger charge is 2.16. The summed E-state index contributed by atoms with van der Waals surface area (Å²) in [6.07, 6.45) is 1.01. The molecule has 3 rings (SSSR count). The van der Waals surface area contributed by atoms with Gasteiger partial charge in [-0.25, -0.2) is 0 Å². The molecule has 3 aromatic rings. The maximum atomic E-state index is 5.63. The Morgan fingerprint density at radius 2 is 2.04 bits per heavy atom. The van der Waals surface area contributed by atoms with Gasteiger partial charge in [0.25, 0.3) is 0 Å². The molecule has 2 aromatic heterocycles. The van der Waals surface area contributed by atoms with Crippen LogP contribution in [0.3, 0.4) is 0 Å². The van der Waals surface area contributed by atoms with Crippen LogP contribution >= 0.6 is 43.6 Å². The number of benzene rings is 1. The predicted molar refractivity (Wildman–Crippen MR) is 99.4 cm³/mol. The average molecular weight is 457 g/mol.